The molecule has 2 aromatic carbocycles. The Morgan fingerprint density at radius 1 is 0.925 bits per heavy atom. The lowest BCUT2D eigenvalue weighted by Crippen LogP contribution is -2.13. The van der Waals surface area contributed by atoms with E-state index in [4.69, 9.17) is 5.11 Å². The minimum atomic E-state index is -4.57. The number of halogens is 3. The summed E-state index contributed by atoms with van der Waals surface area (Å²) in [7, 11) is 0. The van der Waals surface area contributed by atoms with Crippen molar-refractivity contribution in [2.45, 2.75) is 13.1 Å². The van der Waals surface area contributed by atoms with Crippen molar-refractivity contribution in [2.24, 2.45) is 0 Å². The zero-order valence-corrected chi connectivity index (χ0v) is 20.8. The van der Waals surface area contributed by atoms with Gasteiger partial charge in [-0.1, -0.05) is 30.3 Å². The topological polar surface area (TPSA) is 109 Å². The van der Waals surface area contributed by atoms with Crippen LogP contribution in [0.15, 0.2) is 85.1 Å². The lowest BCUT2D eigenvalue weighted by molar-refractivity contribution is -0.141. The van der Waals surface area contributed by atoms with Crippen LogP contribution in [0.4, 0.5) is 18.9 Å². The highest BCUT2D eigenvalue weighted by Gasteiger charge is 2.32. The van der Waals surface area contributed by atoms with Crippen LogP contribution in [0.25, 0.3) is 34.4 Å². The van der Waals surface area contributed by atoms with Crippen LogP contribution in [-0.2, 0) is 11.0 Å². The molecule has 11 heteroatoms. The third-order valence-electron chi connectivity index (χ3n) is 5.97. The van der Waals surface area contributed by atoms with Gasteiger partial charge in [0.05, 0.1) is 17.6 Å². The number of aryl methyl sites for hydroxylation is 1. The lowest BCUT2D eigenvalue weighted by atomic mass is 10.1. The molecule has 0 bridgehead atoms. The number of hydrogen-bond donors (Lipinski definition) is 2. The number of nitrogens with zero attached hydrogens (tertiary/aromatic N) is 4. The summed E-state index contributed by atoms with van der Waals surface area (Å²) in [4.78, 5) is 32.0. The van der Waals surface area contributed by atoms with E-state index in [-0.39, 0.29) is 17.3 Å². The minimum absolute atomic E-state index is 0.0785. The molecule has 5 aromatic rings. The molecule has 40 heavy (non-hydrogen) atoms. The highest BCUT2D eigenvalue weighted by atomic mass is 19.4. The van der Waals surface area contributed by atoms with E-state index >= 15 is 0 Å². The number of alkyl halides is 3. The maximum Gasteiger partial charge on any atom is 0.433 e. The van der Waals surface area contributed by atoms with Crippen LogP contribution in [0.5, 0.6) is 0 Å². The summed E-state index contributed by atoms with van der Waals surface area (Å²) in [5.74, 6) is -1.46. The van der Waals surface area contributed by atoms with Crippen LogP contribution in [-0.4, -0.2) is 36.6 Å². The van der Waals surface area contributed by atoms with E-state index in [9.17, 15) is 22.8 Å². The highest BCUT2D eigenvalue weighted by Crippen LogP contribution is 2.30. The molecule has 8 nitrogen and oxygen atoms in total. The van der Waals surface area contributed by atoms with Gasteiger partial charge in [-0.3, -0.25) is 4.79 Å². The summed E-state index contributed by atoms with van der Waals surface area (Å²) in [6.45, 7) is 1.84. The van der Waals surface area contributed by atoms with Gasteiger partial charge in [-0.15, -0.1) is 0 Å². The number of carbonyl (C=O) groups excluding carboxylic acids is 1. The lowest BCUT2D eigenvalue weighted by Gasteiger charge is -2.10. The average Bonchev–Trinajstić information content (AvgIpc) is 3.36. The molecular weight excluding hydrogens is 523 g/mol. The van der Waals surface area contributed by atoms with Gasteiger partial charge in [0.25, 0.3) is 5.91 Å². The smallest absolute Gasteiger partial charge is 0.433 e. The number of carboxylic acid groups (broad SMARTS) is 1. The molecule has 0 spiro atoms. The molecule has 2 N–H and O–H groups in total. The Labute approximate surface area is 225 Å². The first kappa shape index (κ1) is 26.3. The van der Waals surface area contributed by atoms with Gasteiger partial charge in [0.1, 0.15) is 11.4 Å². The molecule has 0 fully saturated rings. The van der Waals surface area contributed by atoms with E-state index in [1.165, 1.54) is 22.7 Å². The third kappa shape index (κ3) is 5.73. The van der Waals surface area contributed by atoms with Crippen molar-refractivity contribution in [1.82, 2.24) is 19.6 Å². The standard InChI is InChI=1S/C29H20F3N5O3/c1-17-8-10-19(15-23(17)35-28(40)20-5-2-4-18(14-20)9-13-27(38)39)24-16-37-26(34-24)12-11-22(36-37)21-6-3-7-25(33-21)29(30,31)32/h2-16H,1H3,(H,35,40)(H,38,39). The van der Waals surface area contributed by atoms with Gasteiger partial charge in [-0.25, -0.2) is 19.3 Å². The first-order valence-corrected chi connectivity index (χ1v) is 11.9. The van der Waals surface area contributed by atoms with Crippen LogP contribution >= 0.6 is 0 Å². The summed E-state index contributed by atoms with van der Waals surface area (Å²) in [6, 6.07) is 18.8. The molecule has 0 atom stereocenters. The summed E-state index contributed by atoms with van der Waals surface area (Å²) in [5.41, 5.74) is 3.30. The van der Waals surface area contributed by atoms with E-state index < -0.39 is 17.8 Å². The molecular formula is C29H20F3N5O3. The van der Waals surface area contributed by atoms with Gasteiger partial charge >= 0.3 is 12.1 Å². The number of anilines is 1. The molecule has 5 rings (SSSR count). The van der Waals surface area contributed by atoms with Crippen LogP contribution in [0, 0.1) is 6.92 Å². The van der Waals surface area contributed by atoms with Crippen molar-refractivity contribution in [2.75, 3.05) is 5.32 Å². The molecule has 3 aromatic heterocycles. The van der Waals surface area contributed by atoms with E-state index in [1.807, 2.05) is 19.1 Å². The fourth-order valence-electron chi connectivity index (χ4n) is 3.95. The Hall–Kier alpha value is -5.32. The molecule has 1 amide bonds. The number of imidazole rings is 1. The maximum absolute atomic E-state index is 13.1. The number of aromatic nitrogens is 4. The summed E-state index contributed by atoms with van der Waals surface area (Å²) in [5, 5.41) is 16.1. The number of hydrogen-bond acceptors (Lipinski definition) is 5. The van der Waals surface area contributed by atoms with E-state index in [0.717, 1.165) is 17.7 Å². The normalized spacial score (nSPS) is 11.7. The number of rotatable bonds is 6. The number of nitrogens with one attached hydrogen (secondary N) is 1. The van der Waals surface area contributed by atoms with E-state index in [1.54, 1.807) is 48.7 Å². The van der Waals surface area contributed by atoms with Crippen molar-refractivity contribution in [3.8, 4) is 22.6 Å². The number of aliphatic carboxylic acids is 1. The van der Waals surface area contributed by atoms with Gasteiger partial charge in [0.2, 0.25) is 0 Å². The van der Waals surface area contributed by atoms with Crippen molar-refractivity contribution in [3.63, 3.8) is 0 Å². The van der Waals surface area contributed by atoms with E-state index in [0.29, 0.717) is 33.7 Å². The molecule has 0 aliphatic heterocycles. The Morgan fingerprint density at radius 2 is 1.73 bits per heavy atom. The van der Waals surface area contributed by atoms with Gasteiger partial charge in [0.15, 0.2) is 5.65 Å². The summed E-state index contributed by atoms with van der Waals surface area (Å²) >= 11 is 0. The quantitative estimate of drug-likeness (QED) is 0.249. The molecule has 3 heterocycles. The molecule has 0 saturated heterocycles. The molecule has 0 saturated carbocycles. The minimum Gasteiger partial charge on any atom is -0.478 e. The first-order chi connectivity index (χ1) is 19.1. The highest BCUT2D eigenvalue weighted by molar-refractivity contribution is 6.05. The zero-order chi connectivity index (χ0) is 28.4. The SMILES string of the molecule is Cc1ccc(-c2cn3nc(-c4cccc(C(F)(F)F)n4)ccc3n2)cc1NC(=O)c1cccc(C=CC(=O)O)c1. The van der Waals surface area contributed by atoms with Gasteiger partial charge < -0.3 is 10.4 Å². The second-order valence-electron chi connectivity index (χ2n) is 8.83. The molecule has 200 valence electrons. The van der Waals surface area contributed by atoms with Crippen molar-refractivity contribution in [3.05, 3.63) is 107 Å². The monoisotopic (exact) mass is 543 g/mol. The fraction of sp³-hybridized carbons (Fsp3) is 0.0690. The predicted octanol–water partition coefficient (Wildman–Crippen LogP) is 6.14. The summed E-state index contributed by atoms with van der Waals surface area (Å²) < 4.78 is 40.7. The van der Waals surface area contributed by atoms with Crippen LogP contribution in [0.2, 0.25) is 0 Å². The fourth-order valence-corrected chi connectivity index (χ4v) is 3.95. The Morgan fingerprint density at radius 3 is 2.50 bits per heavy atom. The first-order valence-electron chi connectivity index (χ1n) is 11.9. The molecule has 0 radical (unpaired) electrons. The number of carbonyl (C=O) groups is 2. The maximum atomic E-state index is 13.1. The zero-order valence-electron chi connectivity index (χ0n) is 20.8. The van der Waals surface area contributed by atoms with Crippen molar-refractivity contribution >= 4 is 29.3 Å². The van der Waals surface area contributed by atoms with E-state index in [2.05, 4.69) is 20.4 Å². The Balaban J connectivity index is 1.41. The number of pyridine rings is 1. The Kier molecular flexibility index (Phi) is 6.87. The number of fused-ring (bicyclic) bond motifs is 1. The van der Waals surface area contributed by atoms with Gasteiger partial charge in [-0.2, -0.15) is 18.3 Å². The number of amides is 1. The van der Waals surface area contributed by atoms with Crippen LogP contribution in [0.3, 0.4) is 0 Å². The summed E-state index contributed by atoms with van der Waals surface area (Å²) in [6.07, 6.45) is -0.535. The third-order valence-corrected chi connectivity index (χ3v) is 5.97. The Bertz CT molecular complexity index is 1790. The van der Waals surface area contributed by atoms with Crippen LogP contribution in [0.1, 0.15) is 27.2 Å². The molecule has 0 aliphatic carbocycles. The largest absolute Gasteiger partial charge is 0.478 e. The molecule has 0 aliphatic rings. The molecule has 0 unspecified atom stereocenters. The second-order valence-corrected chi connectivity index (χ2v) is 8.83. The second kappa shape index (κ2) is 10.4. The van der Waals surface area contributed by atoms with Crippen LogP contribution < -0.4 is 5.32 Å². The van der Waals surface area contributed by atoms with Gasteiger partial charge in [-0.05, 0) is 66.6 Å². The van der Waals surface area contributed by atoms with Crippen molar-refractivity contribution < 1.29 is 27.9 Å². The van der Waals surface area contributed by atoms with Crippen molar-refractivity contribution in [1.29, 1.82) is 0 Å². The number of carboxylic acids is 1. The number of benzene rings is 2. The average molecular weight is 544 g/mol. The predicted molar refractivity (Wildman–Crippen MR) is 142 cm³/mol. The van der Waals surface area contributed by atoms with Gasteiger partial charge in [0, 0.05) is 22.9 Å².